The van der Waals surface area contributed by atoms with Gasteiger partial charge in [0.2, 0.25) is 0 Å². The van der Waals surface area contributed by atoms with Crippen LogP contribution >= 0.6 is 15.9 Å². The van der Waals surface area contributed by atoms with E-state index < -0.39 is 17.9 Å². The fourth-order valence-corrected chi connectivity index (χ4v) is 3.38. The van der Waals surface area contributed by atoms with Crippen molar-refractivity contribution in [3.05, 3.63) is 62.2 Å². The molecular formula is C18H19BrFN3O4. The van der Waals surface area contributed by atoms with Crippen LogP contribution in [0.4, 0.5) is 10.1 Å². The highest BCUT2D eigenvalue weighted by molar-refractivity contribution is 9.10. The Morgan fingerprint density at radius 1 is 1.33 bits per heavy atom. The number of fused-ring (bicyclic) bond motifs is 1. The first-order chi connectivity index (χ1) is 12.8. The lowest BCUT2D eigenvalue weighted by atomic mass is 9.90. The van der Waals surface area contributed by atoms with Crippen LogP contribution in [0.15, 0.2) is 39.7 Å². The Balaban J connectivity index is 2.04. The van der Waals surface area contributed by atoms with Crippen LogP contribution in [0.5, 0.6) is 0 Å². The number of aryl methyl sites for hydroxylation is 1. The average molecular weight is 440 g/mol. The first kappa shape index (κ1) is 19.5. The average Bonchev–Trinajstić information content (AvgIpc) is 2.62. The van der Waals surface area contributed by atoms with Crippen molar-refractivity contribution in [2.45, 2.75) is 19.0 Å². The SMILES string of the molecule is CC1c2cc(=O)n(C)cc2C(=O)N(OCCO)C1Nc1ccc(Br)cc1F. The zero-order chi connectivity index (χ0) is 19.7. The molecule has 9 heteroatoms. The van der Waals surface area contributed by atoms with Crippen LogP contribution in [0.3, 0.4) is 0 Å². The largest absolute Gasteiger partial charge is 0.394 e. The monoisotopic (exact) mass is 439 g/mol. The standard InChI is InChI=1S/C18H19BrFN3O4/c1-10-12-8-16(25)22(2)9-13(12)18(26)23(27-6-5-24)17(10)21-15-4-3-11(19)7-14(15)20/h3-4,7-10,17,21,24H,5-6H2,1-2H3. The van der Waals surface area contributed by atoms with Crippen LogP contribution in [0.1, 0.15) is 28.8 Å². The number of carbonyl (C=O) groups excluding carboxylic acids is 1. The lowest BCUT2D eigenvalue weighted by Crippen LogP contribution is -2.52. The number of rotatable bonds is 5. The number of aromatic nitrogens is 1. The van der Waals surface area contributed by atoms with E-state index in [0.717, 1.165) is 5.06 Å². The number of pyridine rings is 1. The van der Waals surface area contributed by atoms with Gasteiger partial charge in [0, 0.05) is 29.7 Å². The molecule has 2 unspecified atom stereocenters. The molecule has 0 saturated carbocycles. The molecule has 0 fully saturated rings. The van der Waals surface area contributed by atoms with Crippen LogP contribution in [-0.4, -0.2) is 40.0 Å². The Labute approximate surface area is 163 Å². The minimum Gasteiger partial charge on any atom is -0.394 e. The number of hydrogen-bond donors (Lipinski definition) is 2. The number of nitrogens with one attached hydrogen (secondary N) is 1. The summed E-state index contributed by atoms with van der Waals surface area (Å²) in [6.07, 6.45) is 0.696. The molecule has 0 bridgehead atoms. The highest BCUT2D eigenvalue weighted by Crippen LogP contribution is 2.34. The number of hydrogen-bond acceptors (Lipinski definition) is 5. The van der Waals surface area contributed by atoms with Crippen molar-refractivity contribution in [3.8, 4) is 0 Å². The second-order valence-electron chi connectivity index (χ2n) is 6.28. The summed E-state index contributed by atoms with van der Waals surface area (Å²) in [5, 5.41) is 13.2. The van der Waals surface area contributed by atoms with Gasteiger partial charge < -0.3 is 15.0 Å². The summed E-state index contributed by atoms with van der Waals surface area (Å²) in [7, 11) is 1.56. The van der Waals surface area contributed by atoms with E-state index >= 15 is 0 Å². The van der Waals surface area contributed by atoms with E-state index in [0.29, 0.717) is 15.6 Å². The van der Waals surface area contributed by atoms with Gasteiger partial charge in [0.15, 0.2) is 0 Å². The summed E-state index contributed by atoms with van der Waals surface area (Å²) >= 11 is 3.20. The molecule has 0 aliphatic carbocycles. The van der Waals surface area contributed by atoms with Crippen LogP contribution in [-0.2, 0) is 11.9 Å². The van der Waals surface area contributed by atoms with Gasteiger partial charge in [-0.1, -0.05) is 22.9 Å². The van der Waals surface area contributed by atoms with Gasteiger partial charge in [-0.15, -0.1) is 0 Å². The smallest absolute Gasteiger partial charge is 0.281 e. The summed E-state index contributed by atoms with van der Waals surface area (Å²) in [6.45, 7) is 1.44. The van der Waals surface area contributed by atoms with E-state index in [-0.39, 0.29) is 30.4 Å². The van der Waals surface area contributed by atoms with Crippen LogP contribution in [0, 0.1) is 5.82 Å². The fraction of sp³-hybridized carbons (Fsp3) is 0.333. The number of nitrogens with zero attached hydrogens (tertiary/aromatic N) is 2. The van der Waals surface area contributed by atoms with Crippen molar-refractivity contribution < 1.29 is 19.1 Å². The summed E-state index contributed by atoms with van der Waals surface area (Å²) in [6, 6.07) is 5.93. The molecular weight excluding hydrogens is 421 g/mol. The Kier molecular flexibility index (Phi) is 5.64. The first-order valence-electron chi connectivity index (χ1n) is 8.33. The maximum Gasteiger partial charge on any atom is 0.281 e. The molecule has 27 heavy (non-hydrogen) atoms. The fourth-order valence-electron chi connectivity index (χ4n) is 3.05. The van der Waals surface area contributed by atoms with Gasteiger partial charge >= 0.3 is 0 Å². The third kappa shape index (κ3) is 3.76. The first-order valence-corrected chi connectivity index (χ1v) is 9.12. The van der Waals surface area contributed by atoms with E-state index in [2.05, 4.69) is 21.2 Å². The molecule has 0 saturated heterocycles. The van der Waals surface area contributed by atoms with E-state index in [1.54, 1.807) is 19.2 Å². The Morgan fingerprint density at radius 3 is 2.74 bits per heavy atom. The number of halogens is 2. The van der Waals surface area contributed by atoms with Gasteiger partial charge in [-0.2, -0.15) is 5.06 Å². The predicted molar refractivity (Wildman–Crippen MR) is 101 cm³/mol. The van der Waals surface area contributed by atoms with Gasteiger partial charge in [0.1, 0.15) is 12.0 Å². The molecule has 2 atom stereocenters. The van der Waals surface area contributed by atoms with E-state index in [1.807, 2.05) is 6.92 Å². The number of amides is 1. The molecule has 2 heterocycles. The molecule has 0 spiro atoms. The predicted octanol–water partition coefficient (Wildman–Crippen LogP) is 2.21. The van der Waals surface area contributed by atoms with Gasteiger partial charge in [-0.25, -0.2) is 4.39 Å². The highest BCUT2D eigenvalue weighted by Gasteiger charge is 2.39. The third-order valence-corrected chi connectivity index (χ3v) is 4.96. The zero-order valence-electron chi connectivity index (χ0n) is 14.8. The van der Waals surface area contributed by atoms with Crippen LogP contribution < -0.4 is 10.9 Å². The van der Waals surface area contributed by atoms with E-state index in [9.17, 15) is 14.0 Å². The van der Waals surface area contributed by atoms with Crippen molar-refractivity contribution in [1.82, 2.24) is 9.63 Å². The number of benzene rings is 1. The summed E-state index contributed by atoms with van der Waals surface area (Å²) in [4.78, 5) is 30.4. The summed E-state index contributed by atoms with van der Waals surface area (Å²) in [5.74, 6) is -1.34. The lowest BCUT2D eigenvalue weighted by Gasteiger charge is -2.40. The van der Waals surface area contributed by atoms with Gasteiger partial charge in [0.25, 0.3) is 11.5 Å². The number of anilines is 1. The molecule has 144 valence electrons. The minimum absolute atomic E-state index is 0.0967. The van der Waals surface area contributed by atoms with Gasteiger partial charge in [-0.3, -0.25) is 14.4 Å². The quantitative estimate of drug-likeness (QED) is 0.745. The van der Waals surface area contributed by atoms with Crippen molar-refractivity contribution in [2.24, 2.45) is 7.05 Å². The molecule has 1 aromatic carbocycles. The number of aliphatic hydroxyl groups excluding tert-OH is 1. The second-order valence-corrected chi connectivity index (χ2v) is 7.20. The maximum absolute atomic E-state index is 14.3. The Hall–Kier alpha value is -2.23. The van der Waals surface area contributed by atoms with Gasteiger partial charge in [-0.05, 0) is 23.8 Å². The molecule has 7 nitrogen and oxygen atoms in total. The maximum atomic E-state index is 14.3. The second kappa shape index (κ2) is 7.79. The minimum atomic E-state index is -0.765. The van der Waals surface area contributed by atoms with Crippen molar-refractivity contribution >= 4 is 27.5 Å². The molecule has 1 aliphatic rings. The molecule has 2 aromatic rings. The van der Waals surface area contributed by atoms with Crippen LogP contribution in [0.25, 0.3) is 0 Å². The van der Waals surface area contributed by atoms with Gasteiger partial charge in [0.05, 0.1) is 24.5 Å². The van der Waals surface area contributed by atoms with Crippen molar-refractivity contribution in [3.63, 3.8) is 0 Å². The van der Waals surface area contributed by atoms with E-state index in [1.165, 1.54) is 22.9 Å². The number of carbonyl (C=O) groups is 1. The van der Waals surface area contributed by atoms with Crippen LogP contribution in [0.2, 0.25) is 0 Å². The summed E-state index contributed by atoms with van der Waals surface area (Å²) < 4.78 is 16.2. The van der Waals surface area contributed by atoms with E-state index in [4.69, 9.17) is 9.94 Å². The lowest BCUT2D eigenvalue weighted by molar-refractivity contribution is -0.156. The van der Waals surface area contributed by atoms with Crippen molar-refractivity contribution in [2.75, 3.05) is 18.5 Å². The normalized spacial score (nSPS) is 19.1. The molecule has 1 aromatic heterocycles. The highest BCUT2D eigenvalue weighted by atomic mass is 79.9. The number of aliphatic hydroxyl groups is 1. The molecule has 0 radical (unpaired) electrons. The number of hydroxylamine groups is 2. The molecule has 1 aliphatic heterocycles. The Morgan fingerprint density at radius 2 is 2.07 bits per heavy atom. The molecule has 2 N–H and O–H groups in total. The molecule has 3 rings (SSSR count). The van der Waals surface area contributed by atoms with Crippen molar-refractivity contribution in [1.29, 1.82) is 0 Å². The third-order valence-electron chi connectivity index (χ3n) is 4.46. The Bertz CT molecular complexity index is 933. The summed E-state index contributed by atoms with van der Waals surface area (Å²) in [5.41, 5.74) is 0.832. The zero-order valence-corrected chi connectivity index (χ0v) is 16.4. The molecule has 1 amide bonds. The topological polar surface area (TPSA) is 83.8 Å².